The van der Waals surface area contributed by atoms with E-state index in [1.807, 2.05) is 0 Å². The van der Waals surface area contributed by atoms with Crippen molar-refractivity contribution in [3.63, 3.8) is 0 Å². The molecule has 0 radical (unpaired) electrons. The van der Waals surface area contributed by atoms with Crippen LogP contribution in [0.4, 0.5) is 0 Å². The SMILES string of the molecule is CCCCCCCCOC(=O)c1ccccc1C(=O)OCCCCCCCC.[Ni]. The van der Waals surface area contributed by atoms with Crippen molar-refractivity contribution in [1.82, 2.24) is 0 Å². The maximum Gasteiger partial charge on any atom is 0.339 e. The van der Waals surface area contributed by atoms with Crippen LogP contribution in [-0.2, 0) is 26.0 Å². The van der Waals surface area contributed by atoms with Gasteiger partial charge in [-0.25, -0.2) is 9.59 Å². The fourth-order valence-electron chi connectivity index (χ4n) is 3.09. The van der Waals surface area contributed by atoms with Gasteiger partial charge in [-0.1, -0.05) is 90.2 Å². The van der Waals surface area contributed by atoms with Crippen LogP contribution < -0.4 is 0 Å². The van der Waals surface area contributed by atoms with E-state index in [0.29, 0.717) is 24.3 Å². The van der Waals surface area contributed by atoms with Crippen molar-refractivity contribution in [1.29, 1.82) is 0 Å². The fraction of sp³-hybridized carbons (Fsp3) is 0.667. The number of hydrogen-bond donors (Lipinski definition) is 0. The number of rotatable bonds is 16. The van der Waals surface area contributed by atoms with Crippen molar-refractivity contribution in [3.8, 4) is 0 Å². The molecule has 0 bridgehead atoms. The van der Waals surface area contributed by atoms with Crippen molar-refractivity contribution in [2.45, 2.75) is 90.9 Å². The van der Waals surface area contributed by atoms with Crippen molar-refractivity contribution in [2.24, 2.45) is 0 Å². The van der Waals surface area contributed by atoms with Crippen LogP contribution in [0.2, 0.25) is 0 Å². The zero-order valence-electron chi connectivity index (χ0n) is 18.2. The first-order chi connectivity index (χ1) is 13.7. The number of unbranched alkanes of at least 4 members (excludes halogenated alkanes) is 10. The number of carbonyl (C=O) groups is 2. The van der Waals surface area contributed by atoms with E-state index in [1.165, 1.54) is 51.4 Å². The zero-order chi connectivity index (χ0) is 20.5. The Bertz CT molecular complexity index is 511. The maximum atomic E-state index is 12.4. The van der Waals surface area contributed by atoms with E-state index in [0.717, 1.165) is 25.7 Å². The minimum Gasteiger partial charge on any atom is -0.462 e. The molecule has 0 spiro atoms. The van der Waals surface area contributed by atoms with Crippen LogP contribution in [0, 0.1) is 0 Å². The van der Waals surface area contributed by atoms with Crippen LogP contribution >= 0.6 is 0 Å². The summed E-state index contributed by atoms with van der Waals surface area (Å²) in [4.78, 5) is 24.7. The summed E-state index contributed by atoms with van der Waals surface area (Å²) in [7, 11) is 0. The molecule has 1 aromatic carbocycles. The first-order valence-corrected chi connectivity index (χ1v) is 11.1. The van der Waals surface area contributed by atoms with Gasteiger partial charge in [-0.15, -0.1) is 0 Å². The van der Waals surface area contributed by atoms with Gasteiger partial charge in [0.25, 0.3) is 0 Å². The molecule has 0 saturated carbocycles. The average molecular weight is 449 g/mol. The number of benzene rings is 1. The Morgan fingerprint density at radius 3 is 1.34 bits per heavy atom. The van der Waals surface area contributed by atoms with E-state index in [4.69, 9.17) is 9.47 Å². The third-order valence-corrected chi connectivity index (χ3v) is 4.83. The first kappa shape index (κ1) is 27.7. The predicted molar refractivity (Wildman–Crippen MR) is 114 cm³/mol. The summed E-state index contributed by atoms with van der Waals surface area (Å²) in [5.74, 6) is -0.888. The Balaban J connectivity index is 0.00000784. The van der Waals surface area contributed by atoms with Gasteiger partial charge in [0, 0.05) is 16.5 Å². The molecule has 0 atom stereocenters. The molecule has 0 aromatic heterocycles. The van der Waals surface area contributed by atoms with E-state index in [2.05, 4.69) is 13.8 Å². The van der Waals surface area contributed by atoms with Gasteiger partial charge < -0.3 is 9.47 Å². The largest absolute Gasteiger partial charge is 0.462 e. The molecule has 0 N–H and O–H groups in total. The summed E-state index contributed by atoms with van der Waals surface area (Å²) in [5, 5.41) is 0. The van der Waals surface area contributed by atoms with Crippen LogP contribution in [0.3, 0.4) is 0 Å². The first-order valence-electron chi connectivity index (χ1n) is 11.1. The molecule has 29 heavy (non-hydrogen) atoms. The second kappa shape index (κ2) is 18.7. The summed E-state index contributed by atoms with van der Waals surface area (Å²) in [5.41, 5.74) is 0.586. The minimum atomic E-state index is -0.444. The Morgan fingerprint density at radius 1 is 0.621 bits per heavy atom. The summed E-state index contributed by atoms with van der Waals surface area (Å²) in [6.07, 6.45) is 13.6. The molecule has 0 aliphatic heterocycles. The molecule has 4 nitrogen and oxygen atoms in total. The molecule has 0 heterocycles. The topological polar surface area (TPSA) is 52.6 Å². The molecule has 0 amide bonds. The van der Waals surface area contributed by atoms with Gasteiger partial charge >= 0.3 is 11.9 Å². The number of hydrogen-bond acceptors (Lipinski definition) is 4. The number of esters is 2. The summed E-state index contributed by atoms with van der Waals surface area (Å²) >= 11 is 0. The quantitative estimate of drug-likeness (QED) is 0.160. The Labute approximate surface area is 187 Å². The smallest absolute Gasteiger partial charge is 0.339 e. The summed E-state index contributed by atoms with van der Waals surface area (Å²) in [6, 6.07) is 6.74. The summed E-state index contributed by atoms with van der Waals surface area (Å²) < 4.78 is 10.7. The molecule has 0 fully saturated rings. The average Bonchev–Trinajstić information content (AvgIpc) is 2.72. The van der Waals surface area contributed by atoms with Crippen LogP contribution in [0.25, 0.3) is 0 Å². The van der Waals surface area contributed by atoms with Gasteiger partial charge in [0.2, 0.25) is 0 Å². The zero-order valence-corrected chi connectivity index (χ0v) is 19.1. The van der Waals surface area contributed by atoms with E-state index in [-0.39, 0.29) is 16.5 Å². The van der Waals surface area contributed by atoms with E-state index in [1.54, 1.807) is 24.3 Å². The Kier molecular flexibility index (Phi) is 17.8. The molecule has 0 aliphatic rings. The molecule has 0 saturated heterocycles. The predicted octanol–water partition coefficient (Wildman–Crippen LogP) is 6.72. The molecule has 1 rings (SSSR count). The van der Waals surface area contributed by atoms with Crippen molar-refractivity contribution >= 4 is 11.9 Å². The number of carbonyl (C=O) groups excluding carboxylic acids is 2. The van der Waals surface area contributed by atoms with Crippen molar-refractivity contribution in [2.75, 3.05) is 13.2 Å². The van der Waals surface area contributed by atoms with Gasteiger partial charge in [-0.3, -0.25) is 0 Å². The Morgan fingerprint density at radius 2 is 0.966 bits per heavy atom. The van der Waals surface area contributed by atoms with E-state index in [9.17, 15) is 9.59 Å². The van der Waals surface area contributed by atoms with Crippen LogP contribution in [0.5, 0.6) is 0 Å². The van der Waals surface area contributed by atoms with Gasteiger partial charge in [-0.2, -0.15) is 0 Å². The molecule has 0 aliphatic carbocycles. The van der Waals surface area contributed by atoms with Crippen molar-refractivity contribution in [3.05, 3.63) is 35.4 Å². The van der Waals surface area contributed by atoms with Crippen LogP contribution in [-0.4, -0.2) is 25.2 Å². The maximum absolute atomic E-state index is 12.4. The molecule has 1 aromatic rings. The van der Waals surface area contributed by atoms with Gasteiger partial charge in [0.1, 0.15) is 0 Å². The van der Waals surface area contributed by atoms with E-state index < -0.39 is 11.9 Å². The van der Waals surface area contributed by atoms with Crippen molar-refractivity contribution < 1.29 is 35.6 Å². The summed E-state index contributed by atoms with van der Waals surface area (Å²) in [6.45, 7) is 5.17. The van der Waals surface area contributed by atoms with Crippen LogP contribution in [0.15, 0.2) is 24.3 Å². The van der Waals surface area contributed by atoms with Crippen LogP contribution in [0.1, 0.15) is 112 Å². The molecular formula is C24H38NiO4. The second-order valence-electron chi connectivity index (χ2n) is 7.35. The number of ether oxygens (including phenoxy) is 2. The molecular weight excluding hydrogens is 411 g/mol. The third kappa shape index (κ3) is 12.7. The Hall–Kier alpha value is -1.35. The molecule has 0 unspecified atom stereocenters. The minimum absolute atomic E-state index is 0. The van der Waals surface area contributed by atoms with E-state index >= 15 is 0 Å². The van der Waals surface area contributed by atoms with Gasteiger partial charge in [0.15, 0.2) is 0 Å². The fourth-order valence-corrected chi connectivity index (χ4v) is 3.09. The second-order valence-corrected chi connectivity index (χ2v) is 7.35. The molecule has 168 valence electrons. The standard InChI is InChI=1S/C24H38O4.Ni/c1-3-5-7-9-11-15-19-27-23(25)21-17-13-14-18-22(21)24(26)28-20-16-12-10-8-6-4-2;/h13-14,17-18H,3-12,15-16,19-20H2,1-2H3;. The third-order valence-electron chi connectivity index (χ3n) is 4.83. The normalized spacial score (nSPS) is 10.3. The monoisotopic (exact) mass is 448 g/mol. The molecule has 5 heteroatoms. The van der Waals surface area contributed by atoms with Gasteiger partial charge in [0.05, 0.1) is 24.3 Å². The van der Waals surface area contributed by atoms with Gasteiger partial charge in [-0.05, 0) is 25.0 Å².